The fraction of sp³-hybridized carbons (Fsp3) is 0.391. The van der Waals surface area contributed by atoms with Gasteiger partial charge in [0.2, 0.25) is 0 Å². The third-order valence-electron chi connectivity index (χ3n) is 5.46. The molecule has 4 rings (SSSR count). The minimum atomic E-state index is 0.0480. The van der Waals surface area contributed by atoms with Crippen molar-refractivity contribution in [2.75, 3.05) is 37.7 Å². The van der Waals surface area contributed by atoms with Crippen LogP contribution in [0.3, 0.4) is 0 Å². The van der Waals surface area contributed by atoms with Gasteiger partial charge in [-0.05, 0) is 50.1 Å². The van der Waals surface area contributed by atoms with Crippen LogP contribution in [0.5, 0.6) is 5.75 Å². The first-order valence-corrected chi connectivity index (χ1v) is 10.4. The number of fused-ring (bicyclic) bond motifs is 1. The maximum atomic E-state index is 13.4. The van der Waals surface area contributed by atoms with Gasteiger partial charge in [-0.25, -0.2) is 4.98 Å². The number of anilines is 1. The molecule has 1 saturated heterocycles. The Morgan fingerprint density at radius 2 is 1.90 bits per heavy atom. The zero-order valence-corrected chi connectivity index (χ0v) is 17.4. The van der Waals surface area contributed by atoms with Crippen LogP contribution in [-0.4, -0.2) is 53.0 Å². The van der Waals surface area contributed by atoms with Crippen molar-refractivity contribution in [3.63, 3.8) is 0 Å². The van der Waals surface area contributed by atoms with Gasteiger partial charge in [-0.1, -0.05) is 19.1 Å². The molecule has 0 bridgehead atoms. The van der Waals surface area contributed by atoms with Gasteiger partial charge in [-0.15, -0.1) is 0 Å². The molecule has 1 fully saturated rings. The maximum absolute atomic E-state index is 13.4. The van der Waals surface area contributed by atoms with Crippen molar-refractivity contribution in [2.45, 2.75) is 27.2 Å². The van der Waals surface area contributed by atoms with Gasteiger partial charge in [0.25, 0.3) is 5.91 Å². The standard InChI is InChI=1S/C23H28N4O2/c1-4-19-21(27-11-7-10-20(29-5-2)22(27)24-19)23(28)26-14-12-25(13-15-26)18-9-6-8-17(3)16-18/h6-11,16H,4-5,12-15H2,1-3H3. The highest BCUT2D eigenvalue weighted by atomic mass is 16.5. The largest absolute Gasteiger partial charge is 0.490 e. The van der Waals surface area contributed by atoms with Gasteiger partial charge in [-0.2, -0.15) is 0 Å². The number of amides is 1. The number of nitrogens with zero attached hydrogens (tertiary/aromatic N) is 4. The van der Waals surface area contributed by atoms with Crippen molar-refractivity contribution in [1.82, 2.24) is 14.3 Å². The zero-order valence-electron chi connectivity index (χ0n) is 17.4. The van der Waals surface area contributed by atoms with Gasteiger partial charge in [-0.3, -0.25) is 9.20 Å². The van der Waals surface area contributed by atoms with Gasteiger partial charge in [0.05, 0.1) is 12.3 Å². The summed E-state index contributed by atoms with van der Waals surface area (Å²) in [5.41, 5.74) is 4.68. The Labute approximate surface area is 171 Å². The Hall–Kier alpha value is -3.02. The van der Waals surface area contributed by atoms with E-state index in [4.69, 9.17) is 9.72 Å². The summed E-state index contributed by atoms with van der Waals surface area (Å²) >= 11 is 0. The number of imidazole rings is 1. The quantitative estimate of drug-likeness (QED) is 0.666. The number of rotatable bonds is 5. The fourth-order valence-electron chi connectivity index (χ4n) is 3.97. The van der Waals surface area contributed by atoms with Crippen LogP contribution in [0.2, 0.25) is 0 Å². The summed E-state index contributed by atoms with van der Waals surface area (Å²) in [6, 6.07) is 12.3. The van der Waals surface area contributed by atoms with E-state index < -0.39 is 0 Å². The average Bonchev–Trinajstić information content (AvgIpc) is 3.13. The number of ether oxygens (including phenoxy) is 1. The third-order valence-corrected chi connectivity index (χ3v) is 5.46. The highest BCUT2D eigenvalue weighted by molar-refractivity contribution is 5.95. The minimum Gasteiger partial charge on any atom is -0.490 e. The second-order valence-corrected chi connectivity index (χ2v) is 7.38. The van der Waals surface area contributed by atoms with Crippen LogP contribution in [-0.2, 0) is 6.42 Å². The molecule has 3 aromatic rings. The summed E-state index contributed by atoms with van der Waals surface area (Å²) in [7, 11) is 0. The molecule has 0 N–H and O–H groups in total. The molecule has 152 valence electrons. The van der Waals surface area contributed by atoms with Crippen molar-refractivity contribution in [3.8, 4) is 5.75 Å². The van der Waals surface area contributed by atoms with Gasteiger partial charge in [0.15, 0.2) is 11.4 Å². The Kier molecular flexibility index (Phi) is 5.43. The lowest BCUT2D eigenvalue weighted by atomic mass is 10.1. The first-order chi connectivity index (χ1) is 14.1. The molecule has 6 nitrogen and oxygen atoms in total. The van der Waals surface area contributed by atoms with Crippen LogP contribution in [0.15, 0.2) is 42.6 Å². The van der Waals surface area contributed by atoms with E-state index in [-0.39, 0.29) is 5.91 Å². The Balaban J connectivity index is 1.57. The Morgan fingerprint density at radius 1 is 1.10 bits per heavy atom. The topological polar surface area (TPSA) is 50.1 Å². The third kappa shape index (κ3) is 3.67. The number of carbonyl (C=O) groups is 1. The number of hydrogen-bond acceptors (Lipinski definition) is 4. The SMILES string of the molecule is CCOc1cccn2c(C(=O)N3CCN(c4cccc(C)c4)CC3)c(CC)nc12. The van der Waals surface area contributed by atoms with E-state index in [1.54, 1.807) is 0 Å². The van der Waals surface area contributed by atoms with Gasteiger partial charge >= 0.3 is 0 Å². The Morgan fingerprint density at radius 3 is 2.59 bits per heavy atom. The molecule has 0 unspecified atom stereocenters. The smallest absolute Gasteiger partial charge is 0.272 e. The summed E-state index contributed by atoms with van der Waals surface area (Å²) in [5.74, 6) is 0.764. The molecule has 6 heteroatoms. The molecule has 0 atom stereocenters. The molecule has 2 aromatic heterocycles. The fourth-order valence-corrected chi connectivity index (χ4v) is 3.97. The van der Waals surface area contributed by atoms with Crippen molar-refractivity contribution < 1.29 is 9.53 Å². The highest BCUT2D eigenvalue weighted by Gasteiger charge is 2.27. The molecule has 1 amide bonds. The lowest BCUT2D eigenvalue weighted by molar-refractivity contribution is 0.0738. The van der Waals surface area contributed by atoms with E-state index in [1.807, 2.05) is 41.5 Å². The molecule has 0 radical (unpaired) electrons. The molecule has 29 heavy (non-hydrogen) atoms. The van der Waals surface area contributed by atoms with E-state index >= 15 is 0 Å². The number of carbonyl (C=O) groups excluding carboxylic acids is 1. The van der Waals surface area contributed by atoms with E-state index in [0.29, 0.717) is 43.2 Å². The van der Waals surface area contributed by atoms with E-state index in [2.05, 4.69) is 36.1 Å². The average molecular weight is 393 g/mol. The first kappa shape index (κ1) is 19.3. The molecular weight excluding hydrogens is 364 g/mol. The molecule has 0 saturated carbocycles. The molecule has 0 aliphatic carbocycles. The van der Waals surface area contributed by atoms with Crippen molar-refractivity contribution in [2.24, 2.45) is 0 Å². The molecule has 1 aromatic carbocycles. The molecule has 3 heterocycles. The minimum absolute atomic E-state index is 0.0480. The number of benzene rings is 1. The number of aryl methyl sites for hydroxylation is 2. The number of piperazine rings is 1. The normalized spacial score (nSPS) is 14.4. The van der Waals surface area contributed by atoms with Gasteiger partial charge in [0, 0.05) is 38.1 Å². The molecular formula is C23H28N4O2. The summed E-state index contributed by atoms with van der Waals surface area (Å²) in [6.45, 7) is 9.73. The maximum Gasteiger partial charge on any atom is 0.272 e. The van der Waals surface area contributed by atoms with Gasteiger partial charge in [0.1, 0.15) is 5.69 Å². The molecule has 1 aliphatic rings. The lowest BCUT2D eigenvalue weighted by Gasteiger charge is -2.36. The van der Waals surface area contributed by atoms with E-state index in [1.165, 1.54) is 11.3 Å². The highest BCUT2D eigenvalue weighted by Crippen LogP contribution is 2.25. The van der Waals surface area contributed by atoms with Crippen molar-refractivity contribution in [1.29, 1.82) is 0 Å². The predicted octanol–water partition coefficient (Wildman–Crippen LogP) is 3.57. The zero-order chi connectivity index (χ0) is 20.4. The summed E-state index contributed by atoms with van der Waals surface area (Å²) in [4.78, 5) is 22.4. The second kappa shape index (κ2) is 8.15. The Bertz CT molecular complexity index is 1020. The van der Waals surface area contributed by atoms with E-state index in [9.17, 15) is 4.79 Å². The van der Waals surface area contributed by atoms with Crippen molar-refractivity contribution in [3.05, 3.63) is 59.5 Å². The number of pyridine rings is 1. The van der Waals surface area contributed by atoms with Crippen LogP contribution in [0.1, 0.15) is 35.6 Å². The predicted molar refractivity (Wildman–Crippen MR) is 115 cm³/mol. The summed E-state index contributed by atoms with van der Waals surface area (Å²) in [6.07, 6.45) is 2.61. The molecule has 0 spiro atoms. The second-order valence-electron chi connectivity index (χ2n) is 7.38. The lowest BCUT2D eigenvalue weighted by Crippen LogP contribution is -2.49. The van der Waals surface area contributed by atoms with Crippen LogP contribution in [0.4, 0.5) is 5.69 Å². The summed E-state index contributed by atoms with van der Waals surface area (Å²) < 4.78 is 7.60. The van der Waals surface area contributed by atoms with Crippen LogP contribution in [0.25, 0.3) is 5.65 Å². The van der Waals surface area contributed by atoms with Crippen LogP contribution >= 0.6 is 0 Å². The summed E-state index contributed by atoms with van der Waals surface area (Å²) in [5, 5.41) is 0. The van der Waals surface area contributed by atoms with Crippen LogP contribution in [0, 0.1) is 6.92 Å². The van der Waals surface area contributed by atoms with Crippen LogP contribution < -0.4 is 9.64 Å². The first-order valence-electron chi connectivity index (χ1n) is 10.4. The molecule has 1 aliphatic heterocycles. The monoisotopic (exact) mass is 392 g/mol. The van der Waals surface area contributed by atoms with Crippen molar-refractivity contribution >= 4 is 17.2 Å². The van der Waals surface area contributed by atoms with E-state index in [0.717, 1.165) is 18.8 Å². The number of hydrogen-bond donors (Lipinski definition) is 0. The number of aromatic nitrogens is 2. The van der Waals surface area contributed by atoms with Gasteiger partial charge < -0.3 is 14.5 Å².